The summed E-state index contributed by atoms with van der Waals surface area (Å²) in [6, 6.07) is 3.67. The summed E-state index contributed by atoms with van der Waals surface area (Å²) in [7, 11) is 0. The van der Waals surface area contributed by atoms with Crippen LogP contribution in [0.15, 0.2) is 36.9 Å². The molecule has 0 bridgehead atoms. The first-order chi connectivity index (χ1) is 45.6. The van der Waals surface area contributed by atoms with Gasteiger partial charge in [-0.15, -0.1) is 0 Å². The van der Waals surface area contributed by atoms with Crippen molar-refractivity contribution < 1.29 is 29.7 Å². The molecule has 12 saturated carbocycles. The Morgan fingerprint density at radius 2 is 0.866 bits per heavy atom. The Bertz CT molecular complexity index is 3560. The van der Waals surface area contributed by atoms with Crippen molar-refractivity contribution in [3.8, 4) is 0 Å². The molecule has 4 aromatic rings. The molecule has 0 aromatic carbocycles. The minimum atomic E-state index is -0.485. The van der Waals surface area contributed by atoms with Crippen molar-refractivity contribution in [3.05, 3.63) is 47.0 Å². The van der Waals surface area contributed by atoms with Crippen LogP contribution in [-0.4, -0.2) is 84.3 Å². The maximum absolute atomic E-state index is 13.7. The summed E-state index contributed by atoms with van der Waals surface area (Å²) >= 11 is 15.7. The third kappa shape index (κ3) is 12.3. The molecular formula is C82H121BrCl2N6O6. The fourth-order valence-corrected chi connectivity index (χ4v) is 28.8. The summed E-state index contributed by atoms with van der Waals surface area (Å²) in [5, 5.41) is 43.1. The van der Waals surface area contributed by atoms with Gasteiger partial charge >= 0.3 is 0 Å². The number of halogens is 3. The van der Waals surface area contributed by atoms with Crippen LogP contribution < -0.4 is 0 Å². The monoisotopic (exact) mass is 1430 g/mol. The number of hydrogen-bond acceptors (Lipinski definition) is 10. The van der Waals surface area contributed by atoms with Crippen molar-refractivity contribution in [2.75, 3.05) is 5.33 Å². The number of Topliss-reactive ketones (excluding diaryl/α,β-unsaturated/α-hetero) is 3. The van der Waals surface area contributed by atoms with Crippen LogP contribution in [0, 0.1) is 121 Å². The molecule has 0 spiro atoms. The number of pyridine rings is 2. The minimum absolute atomic E-state index is 0. The zero-order valence-electron chi connectivity index (χ0n) is 59.8. The minimum Gasteiger partial charge on any atom is -0.390 e. The lowest BCUT2D eigenvalue weighted by molar-refractivity contribution is -0.158. The predicted molar refractivity (Wildman–Crippen MR) is 392 cm³/mol. The Hall–Kier alpha value is -2.81. The number of ketones is 3. The van der Waals surface area contributed by atoms with Gasteiger partial charge in [-0.2, -0.15) is 10.2 Å². The van der Waals surface area contributed by atoms with Gasteiger partial charge in [0.25, 0.3) is 0 Å². The molecule has 24 atom stereocenters. The summed E-state index contributed by atoms with van der Waals surface area (Å²) in [6.45, 7) is 21.3. The van der Waals surface area contributed by atoms with Crippen LogP contribution >= 0.6 is 39.1 Å². The molecule has 4 aromatic heterocycles. The summed E-state index contributed by atoms with van der Waals surface area (Å²) in [6.07, 6.45) is 41.9. The molecule has 16 rings (SSSR count). The average molecular weight is 1440 g/mol. The highest BCUT2D eigenvalue weighted by Gasteiger charge is 2.66. The normalized spacial score (nSPS) is 45.3. The van der Waals surface area contributed by atoms with Crippen molar-refractivity contribution in [2.24, 2.45) is 121 Å². The molecule has 12 aliphatic carbocycles. The van der Waals surface area contributed by atoms with Crippen LogP contribution in [-0.2, 0) is 27.5 Å². The molecule has 0 amide bonds. The second-order valence-electron chi connectivity index (χ2n) is 36.6. The van der Waals surface area contributed by atoms with Gasteiger partial charge in [0.15, 0.2) is 11.6 Å². The van der Waals surface area contributed by atoms with E-state index in [0.717, 1.165) is 128 Å². The summed E-state index contributed by atoms with van der Waals surface area (Å²) < 4.78 is 3.56. The number of aliphatic hydroxyl groups is 3. The molecule has 12 fully saturated rings. The molecule has 536 valence electrons. The van der Waals surface area contributed by atoms with Gasteiger partial charge in [-0.3, -0.25) is 33.7 Å². The Morgan fingerprint density at radius 1 is 0.474 bits per heavy atom. The number of nitrogens with zero attached hydrogens (tertiary/aromatic N) is 6. The summed E-state index contributed by atoms with van der Waals surface area (Å²) in [5.41, 5.74) is 3.44. The van der Waals surface area contributed by atoms with Gasteiger partial charge in [-0.25, -0.2) is 0 Å². The van der Waals surface area contributed by atoms with Crippen LogP contribution in [0.3, 0.4) is 0 Å². The number of fused-ring (bicyclic) bond motifs is 17. The van der Waals surface area contributed by atoms with E-state index in [1.807, 2.05) is 18.3 Å². The van der Waals surface area contributed by atoms with E-state index in [0.29, 0.717) is 91.6 Å². The number of alkyl halides is 1. The van der Waals surface area contributed by atoms with E-state index in [2.05, 4.69) is 98.4 Å². The average Bonchev–Trinajstić information content (AvgIpc) is 1.71. The van der Waals surface area contributed by atoms with Crippen molar-refractivity contribution in [1.29, 1.82) is 0 Å². The van der Waals surface area contributed by atoms with Crippen LogP contribution in [0.2, 0.25) is 10.0 Å². The van der Waals surface area contributed by atoms with Crippen molar-refractivity contribution in [1.82, 2.24) is 29.5 Å². The molecule has 0 aliphatic heterocycles. The van der Waals surface area contributed by atoms with E-state index >= 15 is 0 Å². The van der Waals surface area contributed by atoms with Gasteiger partial charge in [0, 0.05) is 30.1 Å². The van der Waals surface area contributed by atoms with Crippen LogP contribution in [0.1, 0.15) is 262 Å². The fourth-order valence-electron chi connectivity index (χ4n) is 28.1. The van der Waals surface area contributed by atoms with Crippen molar-refractivity contribution in [3.63, 3.8) is 0 Å². The van der Waals surface area contributed by atoms with Gasteiger partial charge in [0.1, 0.15) is 28.9 Å². The van der Waals surface area contributed by atoms with Gasteiger partial charge in [-0.05, 0) is 329 Å². The fraction of sp³-hybridized carbons (Fsp3) is 0.817. The molecule has 15 heteroatoms. The zero-order valence-corrected chi connectivity index (χ0v) is 62.9. The van der Waals surface area contributed by atoms with Crippen LogP contribution in [0.5, 0.6) is 0 Å². The first kappa shape index (κ1) is 72.5. The van der Waals surface area contributed by atoms with Crippen LogP contribution in [0.4, 0.5) is 0 Å². The number of rotatable bonds is 11. The molecule has 97 heavy (non-hydrogen) atoms. The SMILES string of the molecule is C.CC[C@]12CC[C@@](C)(O)C[C@@H]1CC[C@H]1[C@@H]3CC[C@H](C(=O)CBr)[C@@]3(C)CC[C@@H]12.CC[C@]12CC[C@@](C)(O)C[C@@H]1CC[C@H]1[C@@H]3CC[C@H](C(=O)Cn4cc5ncc(Cl)cc5n4)[C@@]3(C)CC[C@@H]12.CC[C@]12CC[C@@](C)(O)C[C@@H]1CC[C@H]1[C@@H]3CC[C@H](C(=O)Cn4ncc5ncc(Cl)cc54)[C@@]3(C)CC[C@@H]12. The highest BCUT2D eigenvalue weighted by Crippen LogP contribution is 2.73. The highest BCUT2D eigenvalue weighted by atomic mass is 79.9. The second-order valence-corrected chi connectivity index (χ2v) is 38.1. The maximum Gasteiger partial charge on any atom is 0.157 e. The number of carbonyl (C=O) groups is 3. The highest BCUT2D eigenvalue weighted by molar-refractivity contribution is 9.09. The van der Waals surface area contributed by atoms with E-state index in [1.54, 1.807) is 28.0 Å². The van der Waals surface area contributed by atoms with E-state index in [9.17, 15) is 29.7 Å². The van der Waals surface area contributed by atoms with Crippen molar-refractivity contribution >= 4 is 78.5 Å². The largest absolute Gasteiger partial charge is 0.390 e. The third-order valence-electron chi connectivity index (χ3n) is 32.7. The molecule has 3 N–H and O–H groups in total. The zero-order chi connectivity index (χ0) is 67.9. The van der Waals surface area contributed by atoms with E-state index in [1.165, 1.54) is 128 Å². The van der Waals surface area contributed by atoms with Gasteiger partial charge in [0.05, 0.1) is 56.6 Å². The summed E-state index contributed by atoms with van der Waals surface area (Å²) in [4.78, 5) is 48.7. The quantitative estimate of drug-likeness (QED) is 0.123. The van der Waals surface area contributed by atoms with Gasteiger partial charge < -0.3 is 15.3 Å². The predicted octanol–water partition coefficient (Wildman–Crippen LogP) is 19.3. The lowest BCUT2D eigenvalue weighted by Gasteiger charge is -2.63. The number of aromatic nitrogens is 6. The molecule has 12 aliphatic rings. The van der Waals surface area contributed by atoms with E-state index in [-0.39, 0.29) is 41.4 Å². The standard InChI is InChI=1S/2C29H40ClN3O2.C23H37BrO2.CH4/c1-4-29-12-11-27(2,35)14-18(29)5-6-20-21-7-8-23(28(21,3)10-9-22(20)29)26(34)17-33-25-13-19(30)15-31-24(25)16-32-33;1-4-29-12-11-27(2,35)14-18(29)5-6-20-21-7-8-23(28(21,3)10-9-22(20)29)26(34)17-33-16-25-24(32-33)13-19(30)15-31-25;1-4-23-12-11-21(2,26)13-15(23)5-6-16-17-7-8-19(20(25)14-24)22(17,3)10-9-18(16)23;/h2*13,15-16,18,20-23,35H,4-12,14,17H2,1-3H3;15-19,26H,4-14H2,1-3H3;1H4/t2*18-,20-,21-,22-,23+,27+,28-,29-;15-,16-,17-,18-,19+,21+,22-,23-;/m000./s1. The van der Waals surface area contributed by atoms with Crippen LogP contribution in [0.25, 0.3) is 22.1 Å². The topological polar surface area (TPSA) is 173 Å². The second kappa shape index (κ2) is 26.7. The lowest BCUT2D eigenvalue weighted by atomic mass is 9.42. The number of carbonyl (C=O) groups excluding carboxylic acids is 3. The molecule has 0 unspecified atom stereocenters. The summed E-state index contributed by atoms with van der Waals surface area (Å²) in [5.74, 6) is 10.4. The third-order valence-corrected chi connectivity index (χ3v) is 33.7. The maximum atomic E-state index is 13.7. The Kier molecular flexibility index (Phi) is 20.0. The smallest absolute Gasteiger partial charge is 0.157 e. The molecule has 0 saturated heterocycles. The molecule has 12 nitrogen and oxygen atoms in total. The van der Waals surface area contributed by atoms with Gasteiger partial charge in [-0.1, -0.05) is 88.1 Å². The Morgan fingerprint density at radius 3 is 1.28 bits per heavy atom. The molecular weight excluding hydrogens is 1320 g/mol. The number of hydrogen-bond donors (Lipinski definition) is 3. The first-order valence-corrected chi connectivity index (χ1v) is 40.7. The molecule has 4 heterocycles. The molecule has 0 radical (unpaired) electrons. The lowest BCUT2D eigenvalue weighted by Crippen LogP contribution is -2.56. The Labute approximate surface area is 599 Å². The van der Waals surface area contributed by atoms with E-state index < -0.39 is 16.8 Å². The van der Waals surface area contributed by atoms with Gasteiger partial charge in [0.2, 0.25) is 0 Å². The Balaban J connectivity index is 0.000000132. The van der Waals surface area contributed by atoms with Crippen molar-refractivity contribution in [2.45, 2.75) is 292 Å². The first-order valence-electron chi connectivity index (χ1n) is 38.9. The van der Waals surface area contributed by atoms with E-state index in [4.69, 9.17) is 23.2 Å².